The summed E-state index contributed by atoms with van der Waals surface area (Å²) in [5.41, 5.74) is 16.9. The van der Waals surface area contributed by atoms with Crippen molar-refractivity contribution in [3.8, 4) is 40.2 Å². The number of hydrogen-bond donors (Lipinski definition) is 2. The summed E-state index contributed by atoms with van der Waals surface area (Å²) in [5.74, 6) is 4.69. The molecule has 4 aliphatic rings. The first kappa shape index (κ1) is 61.0. The van der Waals surface area contributed by atoms with Crippen molar-refractivity contribution in [2.75, 3.05) is 57.4 Å². The molecule has 0 aromatic heterocycles. The fraction of sp³-hybridized carbons (Fsp3) is 0.351. The van der Waals surface area contributed by atoms with Gasteiger partial charge in [0.2, 0.25) is 0 Å². The molecule has 0 fully saturated rings. The minimum Gasteiger partial charge on any atom is -0.496 e. The summed E-state index contributed by atoms with van der Waals surface area (Å²) in [7, 11) is 1.70. The van der Waals surface area contributed by atoms with Crippen LogP contribution in [-0.2, 0) is 51.4 Å². The third-order valence-corrected chi connectivity index (χ3v) is 16.6. The van der Waals surface area contributed by atoms with E-state index in [9.17, 15) is 0 Å². The Morgan fingerprint density at radius 3 is 0.898 bits per heavy atom. The number of carbonyl (C=O) groups excluding carboxylic acids is 2. The van der Waals surface area contributed by atoms with Crippen LogP contribution in [0.2, 0.25) is 0 Å². The molecule has 0 saturated carbocycles. The highest BCUT2D eigenvalue weighted by Gasteiger charge is 2.29. The number of amides is 2. The number of fused-ring (bicyclic) bond motifs is 4. The number of rotatable bonds is 19. The molecule has 8 aromatic rings. The van der Waals surface area contributed by atoms with E-state index in [1.165, 1.54) is 0 Å². The van der Waals surface area contributed by atoms with Gasteiger partial charge in [0.05, 0.1) is 46.8 Å². The molecule has 8 aromatic carbocycles. The smallest absolute Gasteiger partial charge is 0.256 e. The first-order valence-corrected chi connectivity index (χ1v) is 32.0. The summed E-state index contributed by atoms with van der Waals surface area (Å²) >= 11 is 0. The van der Waals surface area contributed by atoms with E-state index < -0.39 is 0 Å². The zero-order chi connectivity index (χ0) is 61.1. The average Bonchev–Trinajstić information content (AvgIpc) is 3.14. The van der Waals surface area contributed by atoms with Crippen molar-refractivity contribution in [2.45, 2.75) is 131 Å². The highest BCUT2D eigenvalue weighted by molar-refractivity contribution is 6.08. The van der Waals surface area contributed by atoms with E-state index in [-0.39, 0.29) is 11.8 Å². The Balaban J connectivity index is 1.26. The third kappa shape index (κ3) is 13.7. The van der Waals surface area contributed by atoms with Crippen LogP contribution in [0.3, 0.4) is 0 Å². The number of hydrogen-bond acceptors (Lipinski definition) is 9. The van der Waals surface area contributed by atoms with Crippen LogP contribution < -0.4 is 43.8 Å². The van der Waals surface area contributed by atoms with Crippen LogP contribution in [0.5, 0.6) is 40.2 Å². The van der Waals surface area contributed by atoms with Gasteiger partial charge in [-0.3, -0.25) is 9.59 Å². The van der Waals surface area contributed by atoms with Crippen LogP contribution in [0.25, 0.3) is 0 Å². The third-order valence-electron chi connectivity index (χ3n) is 16.6. The molecule has 88 heavy (non-hydrogen) atoms. The van der Waals surface area contributed by atoms with Gasteiger partial charge in [-0.1, -0.05) is 120 Å². The Morgan fingerprint density at radius 2 is 0.580 bits per heavy atom. The topological polar surface area (TPSA) is 123 Å². The van der Waals surface area contributed by atoms with Crippen molar-refractivity contribution in [2.24, 2.45) is 0 Å². The molecule has 456 valence electrons. The Morgan fingerprint density at radius 1 is 0.307 bits per heavy atom. The van der Waals surface area contributed by atoms with Gasteiger partial charge in [-0.15, -0.1) is 0 Å². The van der Waals surface area contributed by atoms with E-state index in [1.54, 1.807) is 7.11 Å². The van der Waals surface area contributed by atoms with Crippen LogP contribution >= 0.6 is 0 Å². The van der Waals surface area contributed by atoms with E-state index in [1.807, 2.05) is 30.3 Å². The van der Waals surface area contributed by atoms with Gasteiger partial charge >= 0.3 is 0 Å². The summed E-state index contributed by atoms with van der Waals surface area (Å²) < 4.78 is 47.3. The number of nitrogens with one attached hydrogen (secondary N) is 2. The largest absolute Gasteiger partial charge is 0.496 e. The molecule has 2 amide bonds. The number of carbonyl (C=O) groups is 2. The molecule has 0 spiro atoms. The van der Waals surface area contributed by atoms with Gasteiger partial charge in [-0.25, -0.2) is 0 Å². The van der Waals surface area contributed by atoms with Gasteiger partial charge in [0.1, 0.15) is 40.2 Å². The zero-order valence-corrected chi connectivity index (χ0v) is 52.4. The van der Waals surface area contributed by atoms with Crippen molar-refractivity contribution in [3.63, 3.8) is 0 Å². The first-order chi connectivity index (χ1) is 43.1. The fourth-order valence-corrected chi connectivity index (χ4v) is 12.9. The average molecular weight is 1180 g/mol. The molecule has 11 heteroatoms. The predicted molar refractivity (Wildman–Crippen MR) is 351 cm³/mol. The number of benzene rings is 8. The quantitative estimate of drug-likeness (QED) is 0.0815. The molecule has 2 heterocycles. The maximum absolute atomic E-state index is 16.1. The van der Waals surface area contributed by atoms with E-state index in [4.69, 9.17) is 33.2 Å². The van der Waals surface area contributed by atoms with Crippen molar-refractivity contribution in [3.05, 3.63) is 228 Å². The van der Waals surface area contributed by atoms with Crippen molar-refractivity contribution < 1.29 is 42.7 Å². The predicted octanol–water partition coefficient (Wildman–Crippen LogP) is 16.6. The minimum atomic E-state index is -0.245. The summed E-state index contributed by atoms with van der Waals surface area (Å²) in [5, 5.41) is 7.09. The molecule has 20 bridgehead atoms. The van der Waals surface area contributed by atoms with Gasteiger partial charge < -0.3 is 43.8 Å². The molecule has 2 aliphatic carbocycles. The Labute approximate surface area is 520 Å². The van der Waals surface area contributed by atoms with Crippen LogP contribution in [0.1, 0.15) is 190 Å². The molecular weight excluding hydrogens is 1100 g/mol. The van der Waals surface area contributed by atoms with Crippen LogP contribution in [-0.4, -0.2) is 58.6 Å². The second-order valence-corrected chi connectivity index (χ2v) is 23.6. The maximum Gasteiger partial charge on any atom is 0.256 e. The SMILES string of the molecule is CCCOc1cc2c3c(c1)Cc1cccc(c1OC)Cc1cc(OCCC)cc(c1C(=O)Nc1cc4c(OCCC)c(c1)Cc1cccc(c1OCCC)Cc1cc(cc(c1OCCC)Cc1cccc(c1OCCC)C4)NC3=O)Cc1cccc(c1)C2. The van der Waals surface area contributed by atoms with Crippen molar-refractivity contribution in [1.82, 2.24) is 0 Å². The lowest BCUT2D eigenvalue weighted by atomic mass is 9.87. The lowest BCUT2D eigenvalue weighted by molar-refractivity contribution is 0.101. The standard InChI is InChI=1S/C77H84N2O9/c1-8-26-83-67-45-57-33-49-18-14-19-50(32-49)34-58-46-68(84-27-9-2)48-60-36-52-21-15-20-51(71(52)82-7)35-59(47-67)69(57)76(80)78-65-41-61-37-53-22-16-24-55(72(53)85-28-10-3)39-63-43-66(79-77(81)70(58)60)44-64(75(63)88-31-13-6)40-56-25-17-23-54(73(56)86-29-11-4)38-62(42-65)74(61)87-30-12-5/h14-25,32,41-48H,8-13,26-31,33-40H2,1-7H3,(H,78,80)(H,79,81). The maximum atomic E-state index is 16.1. The molecule has 12 rings (SSSR count). The second-order valence-electron chi connectivity index (χ2n) is 23.6. The van der Waals surface area contributed by atoms with E-state index in [0.29, 0.717) is 131 Å². The monoisotopic (exact) mass is 1180 g/mol. The van der Waals surface area contributed by atoms with Crippen molar-refractivity contribution in [1.29, 1.82) is 0 Å². The normalized spacial score (nSPS) is 13.4. The molecule has 0 unspecified atom stereocenters. The zero-order valence-electron chi connectivity index (χ0n) is 52.4. The Kier molecular flexibility index (Phi) is 19.7. The van der Waals surface area contributed by atoms with Crippen LogP contribution in [0.4, 0.5) is 11.4 Å². The summed E-state index contributed by atoms with van der Waals surface area (Å²) in [6.07, 6.45) is 8.06. The second kappa shape index (κ2) is 28.4. The molecule has 0 radical (unpaired) electrons. The van der Waals surface area contributed by atoms with Crippen LogP contribution in [0, 0.1) is 0 Å². The summed E-state index contributed by atoms with van der Waals surface area (Å²) in [6.45, 7) is 15.7. The van der Waals surface area contributed by atoms with Gasteiger partial charge in [-0.2, -0.15) is 0 Å². The summed E-state index contributed by atoms with van der Waals surface area (Å²) in [4.78, 5) is 32.3. The van der Waals surface area contributed by atoms with E-state index in [0.717, 1.165) is 151 Å². The van der Waals surface area contributed by atoms with E-state index >= 15 is 9.59 Å². The number of anilines is 2. The van der Waals surface area contributed by atoms with Gasteiger partial charge in [0.25, 0.3) is 11.8 Å². The van der Waals surface area contributed by atoms with Gasteiger partial charge in [0.15, 0.2) is 0 Å². The molecule has 0 atom stereocenters. The number of para-hydroxylation sites is 3. The van der Waals surface area contributed by atoms with Crippen molar-refractivity contribution >= 4 is 23.2 Å². The molecule has 2 aliphatic heterocycles. The van der Waals surface area contributed by atoms with Gasteiger partial charge in [-0.05, 0) is 167 Å². The first-order valence-electron chi connectivity index (χ1n) is 32.0. The van der Waals surface area contributed by atoms with Gasteiger partial charge in [0, 0.05) is 83.3 Å². The Bertz CT molecular complexity index is 3520. The Hall–Kier alpha value is -8.70. The van der Waals surface area contributed by atoms with E-state index in [2.05, 4.69) is 149 Å². The lowest BCUT2D eigenvalue weighted by Crippen LogP contribution is -2.20. The highest BCUT2D eigenvalue weighted by atomic mass is 16.5. The number of methoxy groups -OCH3 is 1. The fourth-order valence-electron chi connectivity index (χ4n) is 12.9. The molecule has 11 nitrogen and oxygen atoms in total. The lowest BCUT2D eigenvalue weighted by Gasteiger charge is -2.25. The summed E-state index contributed by atoms with van der Waals surface area (Å²) in [6, 6.07) is 44.0. The highest BCUT2D eigenvalue weighted by Crippen LogP contribution is 2.43. The molecule has 2 N–H and O–H groups in total. The number of ether oxygens (including phenoxy) is 7. The molecule has 0 saturated heterocycles. The van der Waals surface area contributed by atoms with Crippen LogP contribution in [0.15, 0.2) is 127 Å². The molecular formula is C77H84N2O9. The minimum absolute atomic E-state index is 0.245.